The third-order valence-corrected chi connectivity index (χ3v) is 4.58. The zero-order chi connectivity index (χ0) is 14.4. The van der Waals surface area contributed by atoms with Crippen molar-refractivity contribution >= 4 is 6.03 Å². The fraction of sp³-hybridized carbons (Fsp3) is 0.933. The molecule has 20 heavy (non-hydrogen) atoms. The van der Waals surface area contributed by atoms with Crippen molar-refractivity contribution in [3.8, 4) is 0 Å². The number of carbonyl (C=O) groups is 1. The number of likely N-dealkylation sites (tertiary alicyclic amines) is 1. The molecule has 0 atom stereocenters. The minimum atomic E-state index is 0.0575. The first-order chi connectivity index (χ1) is 9.72. The van der Waals surface area contributed by atoms with E-state index in [1.54, 1.807) is 0 Å². The first-order valence-electron chi connectivity index (χ1n) is 7.98. The second kappa shape index (κ2) is 7.84. The van der Waals surface area contributed by atoms with E-state index in [2.05, 4.69) is 5.32 Å². The van der Waals surface area contributed by atoms with Crippen LogP contribution in [0, 0.1) is 11.8 Å². The molecule has 116 valence electrons. The minimum Gasteiger partial charge on any atom is -0.396 e. The van der Waals surface area contributed by atoms with Gasteiger partial charge in [-0.2, -0.15) is 0 Å². The lowest BCUT2D eigenvalue weighted by Crippen LogP contribution is -2.45. The fourth-order valence-corrected chi connectivity index (χ4v) is 3.10. The van der Waals surface area contributed by atoms with E-state index in [0.717, 1.165) is 58.3 Å². The van der Waals surface area contributed by atoms with Gasteiger partial charge in [-0.05, 0) is 50.9 Å². The lowest BCUT2D eigenvalue weighted by Gasteiger charge is -2.35. The Balaban J connectivity index is 1.53. The molecule has 1 saturated heterocycles. The monoisotopic (exact) mass is 284 g/mol. The van der Waals surface area contributed by atoms with Crippen molar-refractivity contribution in [2.45, 2.75) is 45.1 Å². The molecular weight excluding hydrogens is 256 g/mol. The van der Waals surface area contributed by atoms with Crippen molar-refractivity contribution < 1.29 is 14.6 Å². The molecule has 2 aliphatic rings. The SMILES string of the molecule is CCOC1CC(CCNC(=O)N2CCC(CO)CC2)C1. The number of hydrogen-bond acceptors (Lipinski definition) is 3. The predicted molar refractivity (Wildman–Crippen MR) is 77.5 cm³/mol. The molecule has 1 aliphatic carbocycles. The van der Waals surface area contributed by atoms with Crippen LogP contribution in [-0.4, -0.2) is 55.0 Å². The molecule has 2 rings (SSSR count). The standard InChI is InChI=1S/C15H28N2O3/c1-2-20-14-9-13(10-14)3-6-16-15(19)17-7-4-12(11-18)5-8-17/h12-14,18H,2-11H2,1H3,(H,16,19). The normalized spacial score (nSPS) is 27.2. The molecule has 1 saturated carbocycles. The number of ether oxygens (including phenoxy) is 1. The molecule has 5 heteroatoms. The van der Waals surface area contributed by atoms with E-state index in [-0.39, 0.29) is 12.6 Å². The molecule has 0 aromatic carbocycles. The van der Waals surface area contributed by atoms with Crippen molar-refractivity contribution in [1.82, 2.24) is 10.2 Å². The Morgan fingerprint density at radius 1 is 1.30 bits per heavy atom. The molecule has 2 N–H and O–H groups in total. The van der Waals surface area contributed by atoms with Crippen LogP contribution in [0.3, 0.4) is 0 Å². The Hall–Kier alpha value is -0.810. The average molecular weight is 284 g/mol. The van der Waals surface area contributed by atoms with Crippen LogP contribution in [0.1, 0.15) is 39.0 Å². The summed E-state index contributed by atoms with van der Waals surface area (Å²) in [5, 5.41) is 12.1. The summed E-state index contributed by atoms with van der Waals surface area (Å²) in [5.41, 5.74) is 0. The molecule has 0 aromatic heterocycles. The van der Waals surface area contributed by atoms with E-state index in [1.807, 2.05) is 11.8 Å². The third kappa shape index (κ3) is 4.35. The maximum atomic E-state index is 12.0. The predicted octanol–water partition coefficient (Wildman–Crippen LogP) is 1.61. The average Bonchev–Trinajstić information content (AvgIpc) is 2.44. The van der Waals surface area contributed by atoms with E-state index in [9.17, 15) is 4.79 Å². The molecule has 0 aromatic rings. The number of carbonyl (C=O) groups excluding carboxylic acids is 1. The van der Waals surface area contributed by atoms with E-state index >= 15 is 0 Å². The lowest BCUT2D eigenvalue weighted by atomic mass is 9.80. The number of hydrogen-bond donors (Lipinski definition) is 2. The van der Waals surface area contributed by atoms with Gasteiger partial charge >= 0.3 is 6.03 Å². The second-order valence-electron chi connectivity index (χ2n) is 6.05. The summed E-state index contributed by atoms with van der Waals surface area (Å²) in [7, 11) is 0. The van der Waals surface area contributed by atoms with Crippen LogP contribution in [0.5, 0.6) is 0 Å². The topological polar surface area (TPSA) is 61.8 Å². The number of rotatable bonds is 6. The van der Waals surface area contributed by atoms with Crippen molar-refractivity contribution in [2.24, 2.45) is 11.8 Å². The van der Waals surface area contributed by atoms with E-state index in [4.69, 9.17) is 9.84 Å². The maximum Gasteiger partial charge on any atom is 0.317 e. The van der Waals surface area contributed by atoms with Crippen molar-refractivity contribution in [3.05, 3.63) is 0 Å². The van der Waals surface area contributed by atoms with Crippen LogP contribution in [0.25, 0.3) is 0 Å². The number of aliphatic hydroxyl groups excluding tert-OH is 1. The quantitative estimate of drug-likeness (QED) is 0.779. The molecular formula is C15H28N2O3. The highest BCUT2D eigenvalue weighted by molar-refractivity contribution is 5.74. The van der Waals surface area contributed by atoms with Crippen molar-refractivity contribution in [2.75, 3.05) is 32.8 Å². The van der Waals surface area contributed by atoms with Gasteiger partial charge in [0.2, 0.25) is 0 Å². The minimum absolute atomic E-state index is 0.0575. The Kier molecular flexibility index (Phi) is 6.10. The summed E-state index contributed by atoms with van der Waals surface area (Å²) in [6.45, 7) is 5.39. The van der Waals surface area contributed by atoms with Crippen LogP contribution >= 0.6 is 0 Å². The van der Waals surface area contributed by atoms with Gasteiger partial charge in [0, 0.05) is 32.8 Å². The van der Waals surface area contributed by atoms with Gasteiger partial charge in [0.25, 0.3) is 0 Å². The number of aliphatic hydroxyl groups is 1. The Labute approximate surface area is 121 Å². The zero-order valence-electron chi connectivity index (χ0n) is 12.5. The van der Waals surface area contributed by atoms with Crippen molar-refractivity contribution in [3.63, 3.8) is 0 Å². The Morgan fingerprint density at radius 2 is 2.00 bits per heavy atom. The van der Waals surface area contributed by atoms with E-state index in [0.29, 0.717) is 17.9 Å². The van der Waals surface area contributed by atoms with Gasteiger partial charge < -0.3 is 20.1 Å². The number of amides is 2. The molecule has 0 radical (unpaired) electrons. The molecule has 0 spiro atoms. The van der Waals surface area contributed by atoms with Crippen LogP contribution in [0.2, 0.25) is 0 Å². The summed E-state index contributed by atoms with van der Waals surface area (Å²) in [6, 6.07) is 0.0575. The Morgan fingerprint density at radius 3 is 2.60 bits per heavy atom. The molecule has 0 unspecified atom stereocenters. The largest absolute Gasteiger partial charge is 0.396 e. The van der Waals surface area contributed by atoms with Gasteiger partial charge in [-0.1, -0.05) is 0 Å². The number of nitrogens with zero attached hydrogens (tertiary/aromatic N) is 1. The van der Waals surface area contributed by atoms with E-state index < -0.39 is 0 Å². The molecule has 5 nitrogen and oxygen atoms in total. The zero-order valence-corrected chi connectivity index (χ0v) is 12.5. The summed E-state index contributed by atoms with van der Waals surface area (Å²) >= 11 is 0. The third-order valence-electron chi connectivity index (χ3n) is 4.58. The summed E-state index contributed by atoms with van der Waals surface area (Å²) in [4.78, 5) is 13.8. The van der Waals surface area contributed by atoms with E-state index in [1.165, 1.54) is 0 Å². The smallest absolute Gasteiger partial charge is 0.317 e. The fourth-order valence-electron chi connectivity index (χ4n) is 3.10. The first-order valence-corrected chi connectivity index (χ1v) is 7.98. The summed E-state index contributed by atoms with van der Waals surface area (Å²) < 4.78 is 5.54. The van der Waals surface area contributed by atoms with Gasteiger partial charge in [0.05, 0.1) is 6.10 Å². The Bertz CT molecular complexity index is 297. The highest BCUT2D eigenvalue weighted by atomic mass is 16.5. The number of nitrogens with one attached hydrogen (secondary N) is 1. The maximum absolute atomic E-state index is 12.0. The van der Waals surface area contributed by atoms with Crippen LogP contribution in [0.4, 0.5) is 4.79 Å². The number of urea groups is 1. The second-order valence-corrected chi connectivity index (χ2v) is 6.05. The molecule has 1 aliphatic heterocycles. The van der Waals surface area contributed by atoms with Gasteiger partial charge in [0.15, 0.2) is 0 Å². The lowest BCUT2D eigenvalue weighted by molar-refractivity contribution is -0.0261. The number of piperidine rings is 1. The van der Waals surface area contributed by atoms with Crippen LogP contribution in [0.15, 0.2) is 0 Å². The first kappa shape index (κ1) is 15.6. The molecule has 1 heterocycles. The van der Waals surface area contributed by atoms with Crippen molar-refractivity contribution in [1.29, 1.82) is 0 Å². The molecule has 2 amide bonds. The highest BCUT2D eigenvalue weighted by Crippen LogP contribution is 2.32. The molecule has 0 bridgehead atoms. The summed E-state index contributed by atoms with van der Waals surface area (Å²) in [5.74, 6) is 1.09. The van der Waals surface area contributed by atoms with Gasteiger partial charge in [0.1, 0.15) is 0 Å². The highest BCUT2D eigenvalue weighted by Gasteiger charge is 2.29. The van der Waals surface area contributed by atoms with Crippen LogP contribution < -0.4 is 5.32 Å². The van der Waals surface area contributed by atoms with Crippen LogP contribution in [-0.2, 0) is 4.74 Å². The van der Waals surface area contributed by atoms with Gasteiger partial charge in [-0.25, -0.2) is 4.79 Å². The summed E-state index contributed by atoms with van der Waals surface area (Å²) in [6.07, 6.45) is 5.64. The molecule has 2 fully saturated rings. The van der Waals surface area contributed by atoms with Gasteiger partial charge in [-0.15, -0.1) is 0 Å². The van der Waals surface area contributed by atoms with Gasteiger partial charge in [-0.3, -0.25) is 0 Å².